The first-order chi connectivity index (χ1) is 10.1. The quantitative estimate of drug-likeness (QED) is 0.889. The molecule has 2 atom stereocenters. The maximum Gasteiger partial charge on any atom is 0.265 e. The molecule has 112 valence electrons. The molecule has 1 amide bonds. The number of hydrogen-bond acceptors (Lipinski definition) is 4. The molecule has 0 saturated heterocycles. The first-order valence-corrected chi connectivity index (χ1v) is 9.00. The predicted octanol–water partition coefficient (Wildman–Crippen LogP) is 2.61. The van der Waals surface area contributed by atoms with Gasteiger partial charge in [0.2, 0.25) is 0 Å². The number of thiophene rings is 1. The molecule has 0 fully saturated rings. The van der Waals surface area contributed by atoms with Crippen molar-refractivity contribution in [1.29, 1.82) is 0 Å². The molecule has 1 N–H and O–H groups in total. The highest BCUT2D eigenvalue weighted by Gasteiger charge is 2.20. The van der Waals surface area contributed by atoms with Crippen LogP contribution in [-0.4, -0.2) is 29.2 Å². The van der Waals surface area contributed by atoms with E-state index in [1.165, 1.54) is 18.4 Å². The minimum Gasteiger partial charge on any atom is -0.495 e. The van der Waals surface area contributed by atoms with Crippen molar-refractivity contribution in [3.05, 3.63) is 52.2 Å². The Morgan fingerprint density at radius 1 is 1.33 bits per heavy atom. The van der Waals surface area contributed by atoms with E-state index in [1.807, 2.05) is 35.7 Å². The molecule has 21 heavy (non-hydrogen) atoms. The molecule has 4 nitrogen and oxygen atoms in total. The number of nitrogens with one attached hydrogen (secondary N) is 1. The van der Waals surface area contributed by atoms with Crippen LogP contribution < -0.4 is 10.1 Å². The third-order valence-corrected chi connectivity index (χ3v) is 4.66. The summed E-state index contributed by atoms with van der Waals surface area (Å²) in [6, 6.07) is 11.0. The van der Waals surface area contributed by atoms with Crippen LogP contribution in [0.15, 0.2) is 41.8 Å². The summed E-state index contributed by atoms with van der Waals surface area (Å²) in [7, 11) is 0.527. The number of rotatable bonds is 6. The van der Waals surface area contributed by atoms with Gasteiger partial charge in [-0.15, -0.1) is 11.3 Å². The molecule has 0 unspecified atom stereocenters. The Hall–Kier alpha value is -1.66. The van der Waals surface area contributed by atoms with Crippen LogP contribution in [0.1, 0.15) is 21.3 Å². The molecule has 1 aromatic carbocycles. The number of amides is 1. The highest BCUT2D eigenvalue weighted by atomic mass is 32.2. The normalized spacial score (nSPS) is 13.4. The molecule has 0 aliphatic carbocycles. The van der Waals surface area contributed by atoms with E-state index < -0.39 is 10.8 Å². The molecule has 1 heterocycles. The molecule has 0 saturated carbocycles. The molecule has 0 radical (unpaired) electrons. The van der Waals surface area contributed by atoms with Crippen molar-refractivity contribution < 1.29 is 13.7 Å². The second-order valence-corrected chi connectivity index (χ2v) is 6.89. The van der Waals surface area contributed by atoms with Gasteiger partial charge in [0.15, 0.2) is 0 Å². The van der Waals surface area contributed by atoms with E-state index in [4.69, 9.17) is 4.74 Å². The van der Waals surface area contributed by atoms with Gasteiger partial charge in [-0.25, -0.2) is 0 Å². The zero-order valence-corrected chi connectivity index (χ0v) is 13.5. The number of methoxy groups -OCH3 is 1. The average molecular weight is 323 g/mol. The monoisotopic (exact) mass is 323 g/mol. The van der Waals surface area contributed by atoms with Crippen molar-refractivity contribution in [1.82, 2.24) is 5.32 Å². The summed E-state index contributed by atoms with van der Waals surface area (Å²) < 4.78 is 16.7. The van der Waals surface area contributed by atoms with Crippen molar-refractivity contribution in [3.63, 3.8) is 0 Å². The van der Waals surface area contributed by atoms with Crippen LogP contribution in [0.25, 0.3) is 0 Å². The van der Waals surface area contributed by atoms with Crippen molar-refractivity contribution in [2.24, 2.45) is 0 Å². The van der Waals surface area contributed by atoms with Crippen LogP contribution in [0.3, 0.4) is 0 Å². The lowest BCUT2D eigenvalue weighted by Gasteiger charge is -2.18. The maximum absolute atomic E-state index is 12.4. The fourth-order valence-electron chi connectivity index (χ4n) is 1.99. The Bertz CT molecular complexity index is 625. The Kier molecular flexibility index (Phi) is 5.52. The lowest BCUT2D eigenvalue weighted by Crippen LogP contribution is -2.31. The summed E-state index contributed by atoms with van der Waals surface area (Å²) in [5, 5.41) is 4.75. The number of carbonyl (C=O) groups is 1. The largest absolute Gasteiger partial charge is 0.495 e. The van der Waals surface area contributed by atoms with Gasteiger partial charge in [-0.3, -0.25) is 9.00 Å². The first kappa shape index (κ1) is 15.7. The molecule has 6 heteroatoms. The van der Waals surface area contributed by atoms with E-state index in [1.54, 1.807) is 12.3 Å². The van der Waals surface area contributed by atoms with Crippen LogP contribution >= 0.6 is 11.3 Å². The standard InChI is InChI=1S/C15H17NO3S2/c1-19-13-8-9-20-14(13)15(17)16-12(10-21(2)18)11-6-4-3-5-7-11/h3-9,12H,10H2,1-2H3,(H,16,17)/t12-,21+/m1/s1. The topological polar surface area (TPSA) is 55.4 Å². The van der Waals surface area contributed by atoms with E-state index >= 15 is 0 Å². The van der Waals surface area contributed by atoms with Gasteiger partial charge in [0.25, 0.3) is 5.91 Å². The van der Waals surface area contributed by atoms with Crippen LogP contribution in [0.4, 0.5) is 0 Å². The van der Waals surface area contributed by atoms with Crippen molar-refractivity contribution in [2.75, 3.05) is 19.1 Å². The van der Waals surface area contributed by atoms with E-state index in [9.17, 15) is 9.00 Å². The summed E-state index contributed by atoms with van der Waals surface area (Å²) in [4.78, 5) is 12.9. The van der Waals surface area contributed by atoms with E-state index in [0.29, 0.717) is 16.4 Å². The summed E-state index contributed by atoms with van der Waals surface area (Å²) in [5.41, 5.74) is 0.941. The van der Waals surface area contributed by atoms with Crippen LogP contribution in [0.5, 0.6) is 5.75 Å². The van der Waals surface area contributed by atoms with E-state index in [2.05, 4.69) is 5.32 Å². The molecule has 2 rings (SSSR count). The van der Waals surface area contributed by atoms with Crippen LogP contribution in [0, 0.1) is 0 Å². The summed E-state index contributed by atoms with van der Waals surface area (Å²) in [6.45, 7) is 0. The molecular formula is C15H17NO3S2. The predicted molar refractivity (Wildman–Crippen MR) is 86.5 cm³/mol. The molecule has 1 aromatic heterocycles. The van der Waals surface area contributed by atoms with E-state index in [0.717, 1.165) is 5.56 Å². The molecule has 2 aromatic rings. The Balaban J connectivity index is 2.19. The van der Waals surface area contributed by atoms with Crippen LogP contribution in [-0.2, 0) is 10.8 Å². The Morgan fingerprint density at radius 3 is 2.67 bits per heavy atom. The van der Waals surface area contributed by atoms with Gasteiger partial charge < -0.3 is 10.1 Å². The number of benzene rings is 1. The van der Waals surface area contributed by atoms with Crippen molar-refractivity contribution in [3.8, 4) is 5.75 Å². The minimum atomic E-state index is -1.01. The zero-order valence-electron chi connectivity index (χ0n) is 11.9. The third-order valence-electron chi connectivity index (χ3n) is 2.96. The highest BCUT2D eigenvalue weighted by Crippen LogP contribution is 2.25. The van der Waals surface area contributed by atoms with Crippen LogP contribution in [0.2, 0.25) is 0 Å². The molecule has 0 spiro atoms. The smallest absolute Gasteiger partial charge is 0.265 e. The summed E-state index contributed by atoms with van der Waals surface area (Å²) >= 11 is 1.33. The van der Waals surface area contributed by atoms with Gasteiger partial charge in [-0.05, 0) is 17.0 Å². The van der Waals surface area contributed by atoms with Gasteiger partial charge in [0.05, 0.1) is 13.2 Å². The van der Waals surface area contributed by atoms with Crippen molar-refractivity contribution in [2.45, 2.75) is 6.04 Å². The minimum absolute atomic E-state index is 0.207. The fourth-order valence-corrected chi connectivity index (χ4v) is 3.50. The van der Waals surface area contributed by atoms with Gasteiger partial charge in [-0.2, -0.15) is 0 Å². The summed E-state index contributed by atoms with van der Waals surface area (Å²) in [6.07, 6.45) is 1.63. The number of carbonyl (C=O) groups excluding carboxylic acids is 1. The second kappa shape index (κ2) is 7.38. The Labute approximate surface area is 130 Å². The lowest BCUT2D eigenvalue weighted by molar-refractivity contribution is 0.0942. The van der Waals surface area contributed by atoms with Gasteiger partial charge in [-0.1, -0.05) is 30.3 Å². The Morgan fingerprint density at radius 2 is 2.05 bits per heavy atom. The number of ether oxygens (including phenoxy) is 1. The highest BCUT2D eigenvalue weighted by molar-refractivity contribution is 7.84. The van der Waals surface area contributed by atoms with E-state index in [-0.39, 0.29) is 11.9 Å². The zero-order chi connectivity index (χ0) is 15.2. The molecule has 0 aliphatic rings. The maximum atomic E-state index is 12.4. The van der Waals surface area contributed by atoms with Gasteiger partial charge >= 0.3 is 0 Å². The lowest BCUT2D eigenvalue weighted by atomic mass is 10.1. The average Bonchev–Trinajstić information content (AvgIpc) is 2.95. The first-order valence-electron chi connectivity index (χ1n) is 6.39. The SMILES string of the molecule is COc1ccsc1C(=O)N[C@H](C[S@](C)=O)c1ccccc1. The van der Waals surface area contributed by atoms with Gasteiger partial charge in [0, 0.05) is 22.8 Å². The second-order valence-electron chi connectivity index (χ2n) is 4.49. The molecular weight excluding hydrogens is 306 g/mol. The van der Waals surface area contributed by atoms with Gasteiger partial charge in [0.1, 0.15) is 10.6 Å². The third kappa shape index (κ3) is 4.15. The fraction of sp³-hybridized carbons (Fsp3) is 0.267. The summed E-state index contributed by atoms with van der Waals surface area (Å²) in [5.74, 6) is 0.728. The molecule has 0 bridgehead atoms. The molecule has 0 aliphatic heterocycles. The number of hydrogen-bond donors (Lipinski definition) is 1. The van der Waals surface area contributed by atoms with Crippen molar-refractivity contribution >= 4 is 28.0 Å².